The average molecular weight is 593 g/mol. The standard InChI is InChI=1S/C31H30ClFN4O5/c1-40-28-15-22-25(16-29(28)41-18-19-8-11-34-12-9-19)35-13-10-26(22)42-27-7-6-21(14-24(27)33)37-31(39)30(38)36-17-20-4-2-3-5-23(20)32/h2-7,10,13-16,19,34H,8-9,11-12,17-18H2,1H3,(H,36,38)(H,37,39). The fourth-order valence-electron chi connectivity index (χ4n) is 4.61. The maximum absolute atomic E-state index is 15.0. The Bertz CT molecular complexity index is 1600. The van der Waals surface area contributed by atoms with Gasteiger partial charge in [-0.2, -0.15) is 0 Å². The summed E-state index contributed by atoms with van der Waals surface area (Å²) >= 11 is 6.08. The van der Waals surface area contributed by atoms with E-state index in [1.165, 1.54) is 12.1 Å². The zero-order valence-corrected chi connectivity index (χ0v) is 23.7. The summed E-state index contributed by atoms with van der Waals surface area (Å²) in [6, 6.07) is 16.0. The predicted molar refractivity (Wildman–Crippen MR) is 158 cm³/mol. The van der Waals surface area contributed by atoms with Crippen molar-refractivity contribution in [1.82, 2.24) is 15.6 Å². The second kappa shape index (κ2) is 13.5. The molecule has 1 aliphatic heterocycles. The number of aromatic nitrogens is 1. The summed E-state index contributed by atoms with van der Waals surface area (Å²) in [5, 5.41) is 9.30. The van der Waals surface area contributed by atoms with Crippen molar-refractivity contribution in [1.29, 1.82) is 0 Å². The van der Waals surface area contributed by atoms with E-state index in [1.807, 2.05) is 0 Å². The van der Waals surface area contributed by atoms with Gasteiger partial charge in [-0.1, -0.05) is 29.8 Å². The number of nitrogens with one attached hydrogen (secondary N) is 3. The number of piperidine rings is 1. The molecule has 2 amide bonds. The summed E-state index contributed by atoms with van der Waals surface area (Å²) in [4.78, 5) is 29.0. The van der Waals surface area contributed by atoms with Crippen molar-refractivity contribution < 1.29 is 28.2 Å². The number of nitrogens with zero attached hydrogens (tertiary/aromatic N) is 1. The first-order valence-corrected chi connectivity index (χ1v) is 13.9. The molecule has 9 nitrogen and oxygen atoms in total. The van der Waals surface area contributed by atoms with Gasteiger partial charge in [-0.15, -0.1) is 0 Å². The van der Waals surface area contributed by atoms with Crippen LogP contribution in [0.5, 0.6) is 23.0 Å². The number of carbonyl (C=O) groups excluding carboxylic acids is 2. The topological polar surface area (TPSA) is 111 Å². The van der Waals surface area contributed by atoms with Crippen LogP contribution in [0.1, 0.15) is 18.4 Å². The highest BCUT2D eigenvalue weighted by atomic mass is 35.5. The Morgan fingerprint density at radius 1 is 1.00 bits per heavy atom. The summed E-state index contributed by atoms with van der Waals surface area (Å²) < 4.78 is 32.6. The molecule has 218 valence electrons. The Kier molecular flexibility index (Phi) is 9.35. The van der Waals surface area contributed by atoms with Gasteiger partial charge >= 0.3 is 11.8 Å². The SMILES string of the molecule is COc1cc2c(Oc3ccc(NC(=O)C(=O)NCc4ccccc4Cl)cc3F)ccnc2cc1OCC1CCNCC1. The molecule has 11 heteroatoms. The Labute approximate surface area is 247 Å². The van der Waals surface area contributed by atoms with Crippen LogP contribution in [0.15, 0.2) is 66.9 Å². The summed E-state index contributed by atoms with van der Waals surface area (Å²) in [5.74, 6) is -0.717. The molecule has 1 aromatic heterocycles. The van der Waals surface area contributed by atoms with Gasteiger partial charge in [-0.3, -0.25) is 14.6 Å². The number of ether oxygens (including phenoxy) is 3. The monoisotopic (exact) mass is 592 g/mol. The lowest BCUT2D eigenvalue weighted by molar-refractivity contribution is -0.136. The number of pyridine rings is 1. The van der Waals surface area contributed by atoms with E-state index >= 15 is 4.39 Å². The van der Waals surface area contributed by atoms with Gasteiger partial charge in [0.05, 0.1) is 19.2 Å². The first kappa shape index (κ1) is 29.1. The third kappa shape index (κ3) is 7.07. The van der Waals surface area contributed by atoms with Gasteiger partial charge in [-0.05, 0) is 67.7 Å². The number of carbonyl (C=O) groups is 2. The summed E-state index contributed by atoms with van der Waals surface area (Å²) in [7, 11) is 1.55. The molecule has 3 N–H and O–H groups in total. The number of hydrogen-bond acceptors (Lipinski definition) is 7. The fourth-order valence-corrected chi connectivity index (χ4v) is 4.81. The molecule has 5 rings (SSSR count). The minimum absolute atomic E-state index is 0.0730. The number of methoxy groups -OCH3 is 1. The second-order valence-electron chi connectivity index (χ2n) is 9.81. The molecule has 1 aliphatic rings. The van der Waals surface area contributed by atoms with Crippen LogP contribution >= 0.6 is 11.6 Å². The number of benzene rings is 3. The largest absolute Gasteiger partial charge is 0.493 e. The first-order chi connectivity index (χ1) is 20.4. The van der Waals surface area contributed by atoms with Crippen molar-refractivity contribution in [3.8, 4) is 23.0 Å². The summed E-state index contributed by atoms with van der Waals surface area (Å²) in [5.41, 5.74) is 1.35. The zero-order chi connectivity index (χ0) is 29.5. The highest BCUT2D eigenvalue weighted by molar-refractivity contribution is 6.39. The quantitative estimate of drug-likeness (QED) is 0.221. The van der Waals surface area contributed by atoms with Gasteiger partial charge in [-0.25, -0.2) is 4.39 Å². The van der Waals surface area contributed by atoms with E-state index in [4.69, 9.17) is 25.8 Å². The third-order valence-electron chi connectivity index (χ3n) is 6.93. The van der Waals surface area contributed by atoms with Crippen LogP contribution in [0.4, 0.5) is 10.1 Å². The number of rotatable bonds is 9. The van der Waals surface area contributed by atoms with E-state index in [0.29, 0.717) is 51.3 Å². The Balaban J connectivity index is 1.25. The normalized spacial score (nSPS) is 13.4. The molecule has 0 radical (unpaired) electrons. The molecule has 0 atom stereocenters. The lowest BCUT2D eigenvalue weighted by Crippen LogP contribution is -2.35. The molecule has 42 heavy (non-hydrogen) atoms. The molecule has 4 aromatic rings. The Hall–Kier alpha value is -4.41. The van der Waals surface area contributed by atoms with Gasteiger partial charge in [0.1, 0.15) is 5.75 Å². The van der Waals surface area contributed by atoms with Gasteiger partial charge in [0.2, 0.25) is 0 Å². The third-order valence-corrected chi connectivity index (χ3v) is 7.30. The van der Waals surface area contributed by atoms with Crippen molar-refractivity contribution in [2.45, 2.75) is 19.4 Å². The number of amides is 2. The highest BCUT2D eigenvalue weighted by Crippen LogP contribution is 2.38. The molecule has 0 saturated carbocycles. The van der Waals surface area contributed by atoms with Gasteiger partial charge in [0, 0.05) is 41.0 Å². The van der Waals surface area contributed by atoms with Gasteiger partial charge in [0.15, 0.2) is 23.1 Å². The molecule has 0 spiro atoms. The molecule has 0 bridgehead atoms. The Morgan fingerprint density at radius 2 is 1.81 bits per heavy atom. The number of anilines is 1. The van der Waals surface area contributed by atoms with E-state index in [1.54, 1.807) is 55.8 Å². The zero-order valence-electron chi connectivity index (χ0n) is 22.9. The lowest BCUT2D eigenvalue weighted by atomic mass is 9.99. The van der Waals surface area contributed by atoms with Crippen LogP contribution < -0.4 is 30.2 Å². The Morgan fingerprint density at radius 3 is 2.57 bits per heavy atom. The minimum atomic E-state index is -0.944. The van der Waals surface area contributed by atoms with E-state index < -0.39 is 17.6 Å². The number of fused-ring (bicyclic) bond motifs is 1. The van der Waals surface area contributed by atoms with Crippen LogP contribution in [-0.2, 0) is 16.1 Å². The van der Waals surface area contributed by atoms with Crippen molar-refractivity contribution in [3.05, 3.63) is 83.3 Å². The lowest BCUT2D eigenvalue weighted by Gasteiger charge is -2.23. The predicted octanol–water partition coefficient (Wildman–Crippen LogP) is 5.46. The van der Waals surface area contributed by atoms with Gasteiger partial charge < -0.3 is 30.2 Å². The number of hydrogen-bond donors (Lipinski definition) is 3. The molecule has 0 unspecified atom stereocenters. The molecule has 0 aliphatic carbocycles. The van der Waals surface area contributed by atoms with E-state index in [9.17, 15) is 9.59 Å². The number of halogens is 2. The summed E-state index contributed by atoms with van der Waals surface area (Å²) in [6.07, 6.45) is 3.67. The molecule has 3 aromatic carbocycles. The van der Waals surface area contributed by atoms with Crippen molar-refractivity contribution in [2.24, 2.45) is 5.92 Å². The van der Waals surface area contributed by atoms with Crippen LogP contribution in [0.2, 0.25) is 5.02 Å². The summed E-state index contributed by atoms with van der Waals surface area (Å²) in [6.45, 7) is 2.62. The maximum atomic E-state index is 15.0. The maximum Gasteiger partial charge on any atom is 0.313 e. The van der Waals surface area contributed by atoms with Crippen LogP contribution in [0.25, 0.3) is 10.9 Å². The molecule has 1 fully saturated rings. The van der Waals surface area contributed by atoms with E-state index in [2.05, 4.69) is 20.9 Å². The van der Waals surface area contributed by atoms with Crippen molar-refractivity contribution in [3.63, 3.8) is 0 Å². The minimum Gasteiger partial charge on any atom is -0.493 e. The second-order valence-corrected chi connectivity index (χ2v) is 10.2. The molecule has 2 heterocycles. The highest BCUT2D eigenvalue weighted by Gasteiger charge is 2.18. The van der Waals surface area contributed by atoms with Crippen molar-refractivity contribution >= 4 is 40.0 Å². The van der Waals surface area contributed by atoms with Gasteiger partial charge in [0.25, 0.3) is 0 Å². The van der Waals surface area contributed by atoms with E-state index in [0.717, 1.165) is 32.0 Å². The molecule has 1 saturated heterocycles. The van der Waals surface area contributed by atoms with Crippen LogP contribution in [0.3, 0.4) is 0 Å². The molecular weight excluding hydrogens is 563 g/mol. The van der Waals surface area contributed by atoms with Crippen LogP contribution in [0, 0.1) is 11.7 Å². The fraction of sp³-hybridized carbons (Fsp3) is 0.258. The first-order valence-electron chi connectivity index (χ1n) is 13.5. The average Bonchev–Trinajstić information content (AvgIpc) is 3.01. The van der Waals surface area contributed by atoms with Crippen molar-refractivity contribution in [2.75, 3.05) is 32.1 Å². The van der Waals surface area contributed by atoms with Crippen LogP contribution in [-0.4, -0.2) is 43.6 Å². The smallest absolute Gasteiger partial charge is 0.313 e. The van der Waals surface area contributed by atoms with E-state index in [-0.39, 0.29) is 18.0 Å². The molecular formula is C31H30ClFN4O5.